The fraction of sp³-hybridized carbons (Fsp3) is 0.571. The first-order valence-corrected chi connectivity index (χ1v) is 9.20. The van der Waals surface area contributed by atoms with Gasteiger partial charge in [0.25, 0.3) is 0 Å². The molecular weight excluding hydrogens is 315 g/mol. The lowest BCUT2D eigenvalue weighted by Crippen LogP contribution is -2.65. The zero-order chi connectivity index (χ0) is 15.2. The van der Waals surface area contributed by atoms with E-state index in [1.807, 2.05) is 0 Å². The van der Waals surface area contributed by atoms with Crippen molar-refractivity contribution in [2.75, 3.05) is 25.9 Å². The number of sulfonamides is 1. The van der Waals surface area contributed by atoms with Crippen molar-refractivity contribution in [3.63, 3.8) is 0 Å². The van der Waals surface area contributed by atoms with Crippen LogP contribution in [0.15, 0.2) is 18.2 Å². The fourth-order valence-corrected chi connectivity index (χ4v) is 4.65. The Morgan fingerprint density at radius 2 is 2.14 bits per heavy atom. The van der Waals surface area contributed by atoms with Gasteiger partial charge in [0.1, 0.15) is 5.82 Å². The third-order valence-corrected chi connectivity index (χ3v) is 6.05. The van der Waals surface area contributed by atoms with E-state index in [2.05, 4.69) is 4.90 Å². The van der Waals surface area contributed by atoms with Gasteiger partial charge < -0.3 is 0 Å². The van der Waals surface area contributed by atoms with Crippen LogP contribution in [0.25, 0.3) is 0 Å². The summed E-state index contributed by atoms with van der Waals surface area (Å²) < 4.78 is 38.0. The van der Waals surface area contributed by atoms with Gasteiger partial charge in [-0.2, -0.15) is 4.31 Å². The number of benzene rings is 1. The summed E-state index contributed by atoms with van der Waals surface area (Å²) in [6, 6.07) is 4.49. The van der Waals surface area contributed by atoms with Crippen LogP contribution in [0, 0.1) is 11.7 Å². The number of hydrogen-bond acceptors (Lipinski definition) is 3. The zero-order valence-corrected chi connectivity index (χ0v) is 13.4. The van der Waals surface area contributed by atoms with Crippen molar-refractivity contribution >= 4 is 21.6 Å². The van der Waals surface area contributed by atoms with E-state index in [0.717, 1.165) is 18.5 Å². The molecule has 0 aliphatic carbocycles. The normalized spacial score (nSPS) is 27.2. The van der Waals surface area contributed by atoms with Crippen LogP contribution in [0.4, 0.5) is 4.39 Å². The van der Waals surface area contributed by atoms with Crippen molar-refractivity contribution in [2.45, 2.75) is 19.0 Å². The number of rotatable bonds is 3. The molecule has 0 radical (unpaired) electrons. The van der Waals surface area contributed by atoms with Gasteiger partial charge in [-0.05, 0) is 36.6 Å². The molecule has 7 heteroatoms. The lowest BCUT2D eigenvalue weighted by molar-refractivity contribution is 0.0110. The van der Waals surface area contributed by atoms with E-state index in [-0.39, 0.29) is 11.9 Å². The number of nitrogens with zero attached hydrogens (tertiary/aromatic N) is 2. The highest BCUT2D eigenvalue weighted by Gasteiger charge is 2.46. The lowest BCUT2D eigenvalue weighted by Gasteiger charge is -2.52. The van der Waals surface area contributed by atoms with E-state index >= 15 is 0 Å². The monoisotopic (exact) mass is 332 g/mol. The molecule has 2 atom stereocenters. The molecule has 0 N–H and O–H groups in total. The molecule has 2 saturated heterocycles. The Morgan fingerprint density at radius 3 is 2.81 bits per heavy atom. The summed E-state index contributed by atoms with van der Waals surface area (Å²) in [6.45, 7) is 2.91. The summed E-state index contributed by atoms with van der Waals surface area (Å²) in [5.74, 6) is 0.129. The molecule has 1 aromatic rings. The zero-order valence-electron chi connectivity index (χ0n) is 11.8. The third kappa shape index (κ3) is 3.08. The quantitative estimate of drug-likeness (QED) is 0.849. The fourth-order valence-electron chi connectivity index (χ4n) is 3.23. The molecule has 1 aromatic carbocycles. The minimum Gasteiger partial charge on any atom is -0.297 e. The van der Waals surface area contributed by atoms with Crippen LogP contribution < -0.4 is 0 Å². The molecule has 0 aromatic heterocycles. The summed E-state index contributed by atoms with van der Waals surface area (Å²) in [6.07, 6.45) is 2.26. The predicted molar refractivity (Wildman–Crippen MR) is 80.1 cm³/mol. The summed E-state index contributed by atoms with van der Waals surface area (Å²) in [4.78, 5) is 2.19. The average molecular weight is 333 g/mol. The van der Waals surface area contributed by atoms with Crippen LogP contribution in [-0.4, -0.2) is 49.6 Å². The highest BCUT2D eigenvalue weighted by atomic mass is 35.5. The van der Waals surface area contributed by atoms with Crippen LogP contribution in [0.2, 0.25) is 5.02 Å². The summed E-state index contributed by atoms with van der Waals surface area (Å²) in [7, 11) is -3.12. The molecule has 0 saturated carbocycles. The molecule has 0 amide bonds. The first kappa shape index (κ1) is 15.2. The SMILES string of the molecule is CS(=O)(=O)N1C[C@H]2CCN(Cc3ccc(F)cc3Cl)C[C@H]21. The number of fused-ring (bicyclic) bond motifs is 1. The van der Waals surface area contributed by atoms with Gasteiger partial charge in [-0.15, -0.1) is 0 Å². The minimum absolute atomic E-state index is 0.0768. The van der Waals surface area contributed by atoms with Crippen LogP contribution in [-0.2, 0) is 16.6 Å². The third-order valence-electron chi connectivity index (χ3n) is 4.42. The highest BCUT2D eigenvalue weighted by molar-refractivity contribution is 7.88. The highest BCUT2D eigenvalue weighted by Crippen LogP contribution is 2.35. The van der Waals surface area contributed by atoms with Crippen molar-refractivity contribution in [3.05, 3.63) is 34.6 Å². The van der Waals surface area contributed by atoms with Gasteiger partial charge in [-0.1, -0.05) is 17.7 Å². The smallest absolute Gasteiger partial charge is 0.211 e. The molecule has 2 fully saturated rings. The van der Waals surface area contributed by atoms with Gasteiger partial charge >= 0.3 is 0 Å². The molecule has 21 heavy (non-hydrogen) atoms. The molecular formula is C14H18ClFN2O2S. The topological polar surface area (TPSA) is 40.6 Å². The van der Waals surface area contributed by atoms with Crippen molar-refractivity contribution in [3.8, 4) is 0 Å². The number of halogens is 2. The standard InChI is InChI=1S/C14H18ClFN2O2S/c1-21(19,20)18-8-11-4-5-17(9-14(11)18)7-10-2-3-12(16)6-13(10)15/h2-3,6,11,14H,4-5,7-9H2,1H3/t11-,14-/m1/s1. The van der Waals surface area contributed by atoms with Crippen molar-refractivity contribution in [1.82, 2.24) is 9.21 Å². The summed E-state index contributed by atoms with van der Waals surface area (Å²) in [5.41, 5.74) is 0.877. The van der Waals surface area contributed by atoms with E-state index in [0.29, 0.717) is 30.6 Å². The largest absolute Gasteiger partial charge is 0.297 e. The Balaban J connectivity index is 1.68. The molecule has 2 aliphatic heterocycles. The second kappa shape index (κ2) is 5.50. The second-order valence-electron chi connectivity index (χ2n) is 5.92. The first-order valence-electron chi connectivity index (χ1n) is 6.97. The average Bonchev–Trinajstić information content (AvgIpc) is 2.34. The number of likely N-dealkylation sites (tertiary alicyclic amines) is 1. The van der Waals surface area contributed by atoms with Crippen molar-refractivity contribution < 1.29 is 12.8 Å². The molecule has 0 spiro atoms. The summed E-state index contributed by atoms with van der Waals surface area (Å²) >= 11 is 6.06. The maximum atomic E-state index is 13.1. The van der Waals surface area contributed by atoms with Crippen LogP contribution >= 0.6 is 11.6 Å². The van der Waals surface area contributed by atoms with Gasteiger partial charge in [0.2, 0.25) is 10.0 Å². The molecule has 0 unspecified atom stereocenters. The van der Waals surface area contributed by atoms with Gasteiger partial charge in [0, 0.05) is 30.7 Å². The minimum atomic E-state index is -3.12. The second-order valence-corrected chi connectivity index (χ2v) is 8.26. The van der Waals surface area contributed by atoms with Gasteiger partial charge in [-0.25, -0.2) is 12.8 Å². The van der Waals surface area contributed by atoms with Crippen molar-refractivity contribution in [2.24, 2.45) is 5.92 Å². The molecule has 2 heterocycles. The first-order chi connectivity index (χ1) is 9.84. The predicted octanol–water partition coefficient (Wildman–Crippen LogP) is 1.94. The Kier molecular flexibility index (Phi) is 3.98. The Labute approximate surface area is 129 Å². The van der Waals surface area contributed by atoms with E-state index in [4.69, 9.17) is 11.6 Å². The maximum absolute atomic E-state index is 13.1. The Morgan fingerprint density at radius 1 is 1.38 bits per heavy atom. The lowest BCUT2D eigenvalue weighted by atomic mass is 9.84. The maximum Gasteiger partial charge on any atom is 0.211 e. The van der Waals surface area contributed by atoms with E-state index in [9.17, 15) is 12.8 Å². The number of piperidine rings is 1. The van der Waals surface area contributed by atoms with Crippen LogP contribution in [0.1, 0.15) is 12.0 Å². The van der Waals surface area contributed by atoms with E-state index < -0.39 is 10.0 Å². The molecule has 4 nitrogen and oxygen atoms in total. The van der Waals surface area contributed by atoms with Crippen LogP contribution in [0.5, 0.6) is 0 Å². The molecule has 2 aliphatic rings. The molecule has 0 bridgehead atoms. The van der Waals surface area contributed by atoms with Gasteiger partial charge in [-0.3, -0.25) is 4.90 Å². The summed E-state index contributed by atoms with van der Waals surface area (Å²) in [5, 5.41) is 0.422. The van der Waals surface area contributed by atoms with E-state index in [1.54, 1.807) is 10.4 Å². The Hall–Kier alpha value is -0.690. The van der Waals surface area contributed by atoms with Gasteiger partial charge in [0.15, 0.2) is 0 Å². The van der Waals surface area contributed by atoms with Crippen LogP contribution in [0.3, 0.4) is 0 Å². The van der Waals surface area contributed by atoms with Gasteiger partial charge in [0.05, 0.1) is 6.26 Å². The van der Waals surface area contributed by atoms with E-state index in [1.165, 1.54) is 18.4 Å². The Bertz CT molecular complexity index is 652. The molecule has 3 rings (SSSR count). The number of hydrogen-bond donors (Lipinski definition) is 0. The molecule has 116 valence electrons. The van der Waals surface area contributed by atoms with Crippen molar-refractivity contribution in [1.29, 1.82) is 0 Å².